The molecule has 3 rings (SSSR count). The van der Waals surface area contributed by atoms with Crippen molar-refractivity contribution < 1.29 is 17.9 Å². The third kappa shape index (κ3) is 6.25. The molecule has 7 nitrogen and oxygen atoms in total. The molecule has 0 aliphatic carbocycles. The number of ether oxygens (including phenoxy) is 1. The number of hydrazone groups is 1. The molecule has 0 saturated heterocycles. The Morgan fingerprint density at radius 2 is 1.72 bits per heavy atom. The van der Waals surface area contributed by atoms with Crippen LogP contribution in [0.5, 0.6) is 5.75 Å². The maximum Gasteiger partial charge on any atom is 0.255 e. The van der Waals surface area contributed by atoms with Gasteiger partial charge in [0.2, 0.25) is 10.0 Å². The zero-order valence-electron chi connectivity index (χ0n) is 17.3. The van der Waals surface area contributed by atoms with Gasteiger partial charge in [-0.1, -0.05) is 64.5 Å². The van der Waals surface area contributed by atoms with E-state index in [0.29, 0.717) is 11.3 Å². The van der Waals surface area contributed by atoms with E-state index < -0.39 is 15.9 Å². The van der Waals surface area contributed by atoms with Gasteiger partial charge in [0.1, 0.15) is 5.75 Å². The molecule has 0 bridgehead atoms. The first-order chi connectivity index (χ1) is 15.4. The first-order valence-corrected chi connectivity index (χ1v) is 11.9. The lowest BCUT2D eigenvalue weighted by molar-refractivity contribution is -0.121. The number of rotatable bonds is 9. The molecule has 0 aliphatic heterocycles. The highest BCUT2D eigenvalue weighted by Crippen LogP contribution is 2.21. The van der Waals surface area contributed by atoms with Gasteiger partial charge in [0.15, 0.2) is 0 Å². The summed E-state index contributed by atoms with van der Waals surface area (Å²) in [4.78, 5) is 12.7. The number of benzene rings is 3. The molecular weight excluding hydrogens is 494 g/mol. The molecule has 3 aromatic carbocycles. The summed E-state index contributed by atoms with van der Waals surface area (Å²) in [6, 6.07) is 22.5. The minimum atomic E-state index is -3.89. The van der Waals surface area contributed by atoms with Gasteiger partial charge in [-0.05, 0) is 35.9 Å². The van der Waals surface area contributed by atoms with Crippen LogP contribution in [0.3, 0.4) is 0 Å². The molecule has 0 radical (unpaired) electrons. The van der Waals surface area contributed by atoms with Crippen molar-refractivity contribution in [3.05, 3.63) is 94.5 Å². The zero-order chi connectivity index (χ0) is 23.0. The molecule has 0 fully saturated rings. The molecule has 3 aromatic rings. The largest absolute Gasteiger partial charge is 0.496 e. The summed E-state index contributed by atoms with van der Waals surface area (Å²) >= 11 is 3.38. The first kappa shape index (κ1) is 23.6. The number of sulfonamides is 1. The summed E-state index contributed by atoms with van der Waals surface area (Å²) < 4.78 is 33.6. The van der Waals surface area contributed by atoms with Gasteiger partial charge in [0.25, 0.3) is 5.91 Å². The Kier molecular flexibility index (Phi) is 8.15. The first-order valence-electron chi connectivity index (χ1n) is 9.64. The Balaban J connectivity index is 1.77. The number of nitrogens with one attached hydrogen (secondary N) is 1. The molecule has 9 heteroatoms. The Morgan fingerprint density at radius 3 is 2.38 bits per heavy atom. The molecule has 0 spiro atoms. The van der Waals surface area contributed by atoms with Crippen LogP contribution < -0.4 is 10.2 Å². The van der Waals surface area contributed by atoms with Crippen LogP contribution in [0.25, 0.3) is 0 Å². The van der Waals surface area contributed by atoms with E-state index in [2.05, 4.69) is 26.5 Å². The summed E-state index contributed by atoms with van der Waals surface area (Å²) in [5.74, 6) is 0.0224. The van der Waals surface area contributed by atoms with Crippen LogP contribution in [0.4, 0.5) is 0 Å². The standard InChI is InChI=1S/C23H22BrN3O4S/c1-31-22-13-12-20(24)14-19(22)15-25-26-23(28)17-27(16-18-8-4-2-5-9-18)32(29,30)21-10-6-3-7-11-21/h2-15H,16-17H2,1H3,(H,26,28). The van der Waals surface area contributed by atoms with Crippen LogP contribution in [-0.2, 0) is 21.4 Å². The predicted molar refractivity (Wildman–Crippen MR) is 127 cm³/mol. The van der Waals surface area contributed by atoms with Crippen molar-refractivity contribution in [1.29, 1.82) is 0 Å². The highest BCUT2D eigenvalue weighted by atomic mass is 79.9. The second kappa shape index (κ2) is 11.0. The highest BCUT2D eigenvalue weighted by molar-refractivity contribution is 9.10. The van der Waals surface area contributed by atoms with Crippen molar-refractivity contribution in [3.8, 4) is 5.75 Å². The number of nitrogens with zero attached hydrogens (tertiary/aromatic N) is 2. The Bertz CT molecular complexity index is 1190. The average molecular weight is 516 g/mol. The minimum absolute atomic E-state index is 0.0503. The number of carbonyl (C=O) groups is 1. The molecule has 0 saturated carbocycles. The molecule has 0 atom stereocenters. The summed E-state index contributed by atoms with van der Waals surface area (Å²) in [6.07, 6.45) is 1.44. The molecule has 1 amide bonds. The van der Waals surface area contributed by atoms with Crippen molar-refractivity contribution in [2.45, 2.75) is 11.4 Å². The summed E-state index contributed by atoms with van der Waals surface area (Å²) in [5, 5.41) is 3.96. The normalized spacial score (nSPS) is 11.6. The molecule has 0 unspecified atom stereocenters. The Labute approximate surface area is 195 Å². The number of halogens is 1. The predicted octanol–water partition coefficient (Wildman–Crippen LogP) is 3.80. The molecule has 0 aromatic heterocycles. The number of amides is 1. The van der Waals surface area contributed by atoms with Gasteiger partial charge in [-0.25, -0.2) is 13.8 Å². The average Bonchev–Trinajstić information content (AvgIpc) is 2.80. The van der Waals surface area contributed by atoms with Gasteiger partial charge in [-0.3, -0.25) is 4.79 Å². The monoisotopic (exact) mass is 515 g/mol. The fourth-order valence-corrected chi connectivity index (χ4v) is 4.71. The fourth-order valence-electron chi connectivity index (χ4n) is 2.93. The number of carbonyl (C=O) groups excluding carboxylic acids is 1. The molecular formula is C23H22BrN3O4S. The SMILES string of the molecule is COc1ccc(Br)cc1C=NNC(=O)CN(Cc1ccccc1)S(=O)(=O)c1ccccc1. The molecule has 166 valence electrons. The van der Waals surface area contributed by atoms with Crippen molar-refractivity contribution in [1.82, 2.24) is 9.73 Å². The van der Waals surface area contributed by atoms with E-state index in [1.54, 1.807) is 30.3 Å². The Hall–Kier alpha value is -3.01. The van der Waals surface area contributed by atoms with Crippen LogP contribution in [0.2, 0.25) is 0 Å². The number of hydrogen-bond acceptors (Lipinski definition) is 5. The highest BCUT2D eigenvalue weighted by Gasteiger charge is 2.26. The van der Waals surface area contributed by atoms with Crippen molar-refractivity contribution in [2.75, 3.05) is 13.7 Å². The van der Waals surface area contributed by atoms with Crippen LogP contribution in [0.1, 0.15) is 11.1 Å². The molecule has 1 N–H and O–H groups in total. The third-order valence-corrected chi connectivity index (χ3v) is 6.79. The van der Waals surface area contributed by atoms with Gasteiger partial charge >= 0.3 is 0 Å². The lowest BCUT2D eigenvalue weighted by atomic mass is 10.2. The Morgan fingerprint density at radius 1 is 1.06 bits per heavy atom. The maximum absolute atomic E-state index is 13.2. The smallest absolute Gasteiger partial charge is 0.255 e. The second-order valence-electron chi connectivity index (χ2n) is 6.75. The van der Waals surface area contributed by atoms with E-state index in [1.165, 1.54) is 25.5 Å². The lowest BCUT2D eigenvalue weighted by Crippen LogP contribution is -2.39. The van der Waals surface area contributed by atoms with E-state index in [9.17, 15) is 13.2 Å². The van der Waals surface area contributed by atoms with E-state index >= 15 is 0 Å². The number of methoxy groups -OCH3 is 1. The minimum Gasteiger partial charge on any atom is -0.496 e. The van der Waals surface area contributed by atoms with E-state index in [1.807, 2.05) is 36.4 Å². The van der Waals surface area contributed by atoms with Gasteiger partial charge in [0.05, 0.1) is 24.8 Å². The van der Waals surface area contributed by atoms with Crippen LogP contribution in [-0.4, -0.2) is 38.5 Å². The van der Waals surface area contributed by atoms with E-state index in [0.717, 1.165) is 14.3 Å². The third-order valence-electron chi connectivity index (χ3n) is 4.49. The van der Waals surface area contributed by atoms with E-state index in [-0.39, 0.29) is 18.0 Å². The summed E-state index contributed by atoms with van der Waals surface area (Å²) in [5.41, 5.74) is 3.81. The van der Waals surface area contributed by atoms with Gasteiger partial charge in [-0.2, -0.15) is 9.41 Å². The number of hydrogen-bond donors (Lipinski definition) is 1. The van der Waals surface area contributed by atoms with Gasteiger partial charge in [-0.15, -0.1) is 0 Å². The maximum atomic E-state index is 13.2. The fraction of sp³-hybridized carbons (Fsp3) is 0.130. The molecule has 32 heavy (non-hydrogen) atoms. The van der Waals surface area contributed by atoms with Crippen LogP contribution >= 0.6 is 15.9 Å². The van der Waals surface area contributed by atoms with Crippen molar-refractivity contribution in [3.63, 3.8) is 0 Å². The zero-order valence-corrected chi connectivity index (χ0v) is 19.7. The molecule has 0 heterocycles. The van der Waals surface area contributed by atoms with E-state index in [4.69, 9.17) is 4.74 Å². The van der Waals surface area contributed by atoms with Gasteiger partial charge in [0, 0.05) is 16.6 Å². The van der Waals surface area contributed by atoms with Crippen LogP contribution in [0, 0.1) is 0 Å². The van der Waals surface area contributed by atoms with Crippen molar-refractivity contribution >= 4 is 38.1 Å². The van der Waals surface area contributed by atoms with Crippen LogP contribution in [0.15, 0.2) is 93.3 Å². The molecule has 0 aliphatic rings. The lowest BCUT2D eigenvalue weighted by Gasteiger charge is -2.21. The summed E-state index contributed by atoms with van der Waals surface area (Å²) in [7, 11) is -2.36. The quantitative estimate of drug-likeness (QED) is 0.346. The van der Waals surface area contributed by atoms with Crippen molar-refractivity contribution in [2.24, 2.45) is 5.10 Å². The summed E-state index contributed by atoms with van der Waals surface area (Å²) in [6.45, 7) is -0.340. The second-order valence-corrected chi connectivity index (χ2v) is 9.60. The topological polar surface area (TPSA) is 88.1 Å². The van der Waals surface area contributed by atoms with Gasteiger partial charge < -0.3 is 4.74 Å².